The SMILES string of the molecule is Cc1cccc(CC(=O)N[C@H]2COC[C@H]2Cc2ccncc2)c1. The predicted molar refractivity (Wildman–Crippen MR) is 89.1 cm³/mol. The van der Waals surface area contributed by atoms with Crippen LogP contribution in [-0.4, -0.2) is 30.1 Å². The van der Waals surface area contributed by atoms with Crippen molar-refractivity contribution >= 4 is 5.91 Å². The Bertz CT molecular complexity index is 657. The lowest BCUT2D eigenvalue weighted by atomic mass is 9.95. The van der Waals surface area contributed by atoms with E-state index in [0.29, 0.717) is 25.6 Å². The number of carbonyl (C=O) groups is 1. The second-order valence-corrected chi connectivity index (χ2v) is 6.20. The van der Waals surface area contributed by atoms with Crippen molar-refractivity contribution in [3.05, 3.63) is 65.5 Å². The molecule has 0 bridgehead atoms. The van der Waals surface area contributed by atoms with Gasteiger partial charge in [0, 0.05) is 18.3 Å². The molecule has 1 saturated heterocycles. The van der Waals surface area contributed by atoms with Gasteiger partial charge in [0.2, 0.25) is 5.91 Å². The average Bonchev–Trinajstić information content (AvgIpc) is 2.95. The molecule has 0 spiro atoms. The average molecular weight is 310 g/mol. The van der Waals surface area contributed by atoms with E-state index in [1.54, 1.807) is 12.4 Å². The minimum absolute atomic E-state index is 0.0610. The molecule has 2 aromatic rings. The highest BCUT2D eigenvalue weighted by atomic mass is 16.5. The largest absolute Gasteiger partial charge is 0.379 e. The lowest BCUT2D eigenvalue weighted by molar-refractivity contribution is -0.121. The summed E-state index contributed by atoms with van der Waals surface area (Å²) in [5.41, 5.74) is 3.45. The van der Waals surface area contributed by atoms with Crippen molar-refractivity contribution in [2.45, 2.75) is 25.8 Å². The normalized spacial score (nSPS) is 20.4. The molecule has 3 rings (SSSR count). The number of rotatable bonds is 5. The van der Waals surface area contributed by atoms with E-state index < -0.39 is 0 Å². The van der Waals surface area contributed by atoms with E-state index in [-0.39, 0.29) is 11.9 Å². The van der Waals surface area contributed by atoms with Crippen LogP contribution in [0.25, 0.3) is 0 Å². The molecule has 1 aliphatic heterocycles. The molecule has 2 atom stereocenters. The van der Waals surface area contributed by atoms with Gasteiger partial charge in [0.05, 0.1) is 25.7 Å². The number of aromatic nitrogens is 1. The summed E-state index contributed by atoms with van der Waals surface area (Å²) in [4.78, 5) is 16.3. The lowest BCUT2D eigenvalue weighted by Gasteiger charge is -2.19. The van der Waals surface area contributed by atoms with E-state index in [2.05, 4.69) is 16.4 Å². The number of pyridine rings is 1. The fourth-order valence-electron chi connectivity index (χ4n) is 3.05. The molecule has 0 radical (unpaired) electrons. The van der Waals surface area contributed by atoms with Gasteiger partial charge in [-0.1, -0.05) is 29.8 Å². The fourth-order valence-corrected chi connectivity index (χ4v) is 3.05. The fraction of sp³-hybridized carbons (Fsp3) is 0.368. The molecular weight excluding hydrogens is 288 g/mol. The van der Waals surface area contributed by atoms with Crippen LogP contribution < -0.4 is 5.32 Å². The Hall–Kier alpha value is -2.20. The van der Waals surface area contributed by atoms with E-state index in [4.69, 9.17) is 4.74 Å². The van der Waals surface area contributed by atoms with E-state index >= 15 is 0 Å². The Balaban J connectivity index is 1.56. The van der Waals surface area contributed by atoms with Gasteiger partial charge in [-0.2, -0.15) is 0 Å². The van der Waals surface area contributed by atoms with Crippen LogP contribution in [0, 0.1) is 12.8 Å². The lowest BCUT2D eigenvalue weighted by Crippen LogP contribution is -2.41. The van der Waals surface area contributed by atoms with Crippen LogP contribution in [0.15, 0.2) is 48.8 Å². The molecule has 1 fully saturated rings. The van der Waals surface area contributed by atoms with Gasteiger partial charge in [0.15, 0.2) is 0 Å². The first-order valence-electron chi connectivity index (χ1n) is 8.02. The molecule has 120 valence electrons. The van der Waals surface area contributed by atoms with Crippen LogP contribution in [0.2, 0.25) is 0 Å². The summed E-state index contributed by atoms with van der Waals surface area (Å²) in [6.07, 6.45) is 4.92. The van der Waals surface area contributed by atoms with Crippen LogP contribution >= 0.6 is 0 Å². The zero-order valence-electron chi connectivity index (χ0n) is 13.4. The number of benzene rings is 1. The van der Waals surface area contributed by atoms with E-state index in [1.807, 2.05) is 37.3 Å². The molecule has 2 heterocycles. The van der Waals surface area contributed by atoms with Crippen molar-refractivity contribution < 1.29 is 9.53 Å². The van der Waals surface area contributed by atoms with Crippen molar-refractivity contribution in [1.29, 1.82) is 0 Å². The monoisotopic (exact) mass is 310 g/mol. The molecule has 0 aliphatic carbocycles. The van der Waals surface area contributed by atoms with Gasteiger partial charge in [-0.25, -0.2) is 0 Å². The number of nitrogens with zero attached hydrogens (tertiary/aromatic N) is 1. The molecular formula is C19H22N2O2. The van der Waals surface area contributed by atoms with Gasteiger partial charge in [0.25, 0.3) is 0 Å². The molecule has 1 amide bonds. The van der Waals surface area contributed by atoms with Gasteiger partial charge in [-0.05, 0) is 36.6 Å². The van der Waals surface area contributed by atoms with Gasteiger partial charge in [-0.15, -0.1) is 0 Å². The summed E-state index contributed by atoms with van der Waals surface area (Å²) >= 11 is 0. The summed E-state index contributed by atoms with van der Waals surface area (Å²) in [7, 11) is 0. The molecule has 0 unspecified atom stereocenters. The Morgan fingerprint density at radius 3 is 2.83 bits per heavy atom. The van der Waals surface area contributed by atoms with Gasteiger partial charge < -0.3 is 10.1 Å². The highest BCUT2D eigenvalue weighted by Crippen LogP contribution is 2.19. The van der Waals surface area contributed by atoms with Crippen LogP contribution in [0.3, 0.4) is 0 Å². The summed E-state index contributed by atoms with van der Waals surface area (Å²) < 4.78 is 5.58. The summed E-state index contributed by atoms with van der Waals surface area (Å²) in [6, 6.07) is 12.2. The van der Waals surface area contributed by atoms with E-state index in [9.17, 15) is 4.79 Å². The van der Waals surface area contributed by atoms with Crippen LogP contribution in [0.4, 0.5) is 0 Å². The second kappa shape index (κ2) is 7.38. The van der Waals surface area contributed by atoms with Crippen molar-refractivity contribution in [3.8, 4) is 0 Å². The molecule has 23 heavy (non-hydrogen) atoms. The third kappa shape index (κ3) is 4.39. The summed E-state index contributed by atoms with van der Waals surface area (Å²) in [5.74, 6) is 0.379. The van der Waals surface area contributed by atoms with Gasteiger partial charge >= 0.3 is 0 Å². The minimum atomic E-state index is 0.0610. The van der Waals surface area contributed by atoms with Crippen molar-refractivity contribution in [2.75, 3.05) is 13.2 Å². The maximum atomic E-state index is 12.3. The maximum absolute atomic E-state index is 12.3. The highest BCUT2D eigenvalue weighted by molar-refractivity contribution is 5.79. The van der Waals surface area contributed by atoms with Gasteiger partial charge in [0.1, 0.15) is 0 Å². The number of hydrogen-bond donors (Lipinski definition) is 1. The van der Waals surface area contributed by atoms with Gasteiger partial charge in [-0.3, -0.25) is 9.78 Å². The number of carbonyl (C=O) groups excluding carboxylic acids is 1. The summed E-state index contributed by atoms with van der Waals surface area (Å²) in [6.45, 7) is 3.32. The van der Waals surface area contributed by atoms with Crippen molar-refractivity contribution in [1.82, 2.24) is 10.3 Å². The summed E-state index contributed by atoms with van der Waals surface area (Å²) in [5, 5.41) is 3.14. The Labute approximate surface area is 136 Å². The first-order chi connectivity index (χ1) is 11.2. The third-order valence-electron chi connectivity index (χ3n) is 4.24. The highest BCUT2D eigenvalue weighted by Gasteiger charge is 2.29. The van der Waals surface area contributed by atoms with E-state index in [1.165, 1.54) is 11.1 Å². The predicted octanol–water partition coefficient (Wildman–Crippen LogP) is 2.31. The molecule has 1 N–H and O–H groups in total. The van der Waals surface area contributed by atoms with Crippen LogP contribution in [0.1, 0.15) is 16.7 Å². The number of ether oxygens (including phenoxy) is 1. The number of hydrogen-bond acceptors (Lipinski definition) is 3. The molecule has 1 aromatic carbocycles. The van der Waals surface area contributed by atoms with Crippen LogP contribution in [0.5, 0.6) is 0 Å². The van der Waals surface area contributed by atoms with Crippen LogP contribution in [-0.2, 0) is 22.4 Å². The molecule has 4 heteroatoms. The second-order valence-electron chi connectivity index (χ2n) is 6.20. The quantitative estimate of drug-likeness (QED) is 0.922. The minimum Gasteiger partial charge on any atom is -0.379 e. The molecule has 0 saturated carbocycles. The number of aryl methyl sites for hydroxylation is 1. The Kier molecular flexibility index (Phi) is 5.03. The first kappa shape index (κ1) is 15.7. The number of nitrogens with one attached hydrogen (secondary N) is 1. The number of amides is 1. The van der Waals surface area contributed by atoms with Crippen molar-refractivity contribution in [2.24, 2.45) is 5.92 Å². The topological polar surface area (TPSA) is 51.2 Å². The smallest absolute Gasteiger partial charge is 0.224 e. The van der Waals surface area contributed by atoms with Crippen molar-refractivity contribution in [3.63, 3.8) is 0 Å². The third-order valence-corrected chi connectivity index (χ3v) is 4.24. The molecule has 1 aromatic heterocycles. The molecule has 1 aliphatic rings. The Morgan fingerprint density at radius 2 is 2.04 bits per heavy atom. The zero-order chi connectivity index (χ0) is 16.1. The Morgan fingerprint density at radius 1 is 1.22 bits per heavy atom. The molecule has 4 nitrogen and oxygen atoms in total. The zero-order valence-corrected chi connectivity index (χ0v) is 13.4. The first-order valence-corrected chi connectivity index (χ1v) is 8.02. The standard InChI is InChI=1S/C19H22N2O2/c1-14-3-2-4-16(9-14)11-19(22)21-18-13-23-12-17(18)10-15-5-7-20-8-6-15/h2-9,17-18H,10-13H2,1H3,(H,21,22)/t17-,18+/m1/s1. The van der Waals surface area contributed by atoms with E-state index in [0.717, 1.165) is 12.0 Å². The maximum Gasteiger partial charge on any atom is 0.224 e.